The molecule has 1 saturated carbocycles. The van der Waals surface area contributed by atoms with Crippen molar-refractivity contribution in [1.82, 2.24) is 10.2 Å². The van der Waals surface area contributed by atoms with Gasteiger partial charge in [0, 0.05) is 13.1 Å². The molecule has 0 heterocycles. The number of amides is 2. The topological polar surface area (TPSA) is 89.9 Å². The van der Waals surface area contributed by atoms with E-state index in [2.05, 4.69) is 5.32 Å². The molecule has 17 heavy (non-hydrogen) atoms. The number of hydrogen-bond acceptors (Lipinski definition) is 3. The van der Waals surface area contributed by atoms with Gasteiger partial charge in [0.15, 0.2) is 5.60 Å². The summed E-state index contributed by atoms with van der Waals surface area (Å²) >= 11 is 0. The molecule has 1 rings (SSSR count). The number of carbonyl (C=O) groups is 2. The van der Waals surface area contributed by atoms with Crippen molar-refractivity contribution in [1.29, 1.82) is 0 Å². The largest absolute Gasteiger partial charge is 0.479 e. The number of aliphatic hydroxyl groups is 1. The van der Waals surface area contributed by atoms with Crippen LogP contribution in [-0.4, -0.2) is 52.3 Å². The SMILES string of the molecule is CC(C1CC1)N(C)C(=O)NCC(C)(O)C(=O)O. The van der Waals surface area contributed by atoms with E-state index in [1.54, 1.807) is 11.9 Å². The number of nitrogens with one attached hydrogen (secondary N) is 1. The molecule has 0 aromatic heterocycles. The predicted octanol–water partition coefficient (Wildman–Crippen LogP) is 0.262. The standard InChI is InChI=1S/C11H20N2O4/c1-7(8-4-5-8)13(3)10(16)12-6-11(2,17)9(14)15/h7-8,17H,4-6H2,1-3H3,(H,12,16)(H,14,15). The van der Waals surface area contributed by atoms with Crippen LogP contribution in [0.1, 0.15) is 26.7 Å². The minimum absolute atomic E-state index is 0.143. The zero-order valence-electron chi connectivity index (χ0n) is 10.4. The lowest BCUT2D eigenvalue weighted by Gasteiger charge is -2.27. The lowest BCUT2D eigenvalue weighted by Crippen LogP contribution is -2.51. The average molecular weight is 244 g/mol. The van der Waals surface area contributed by atoms with Gasteiger partial charge in [0.25, 0.3) is 0 Å². The Morgan fingerprint density at radius 3 is 2.47 bits per heavy atom. The maximum atomic E-state index is 11.7. The Hall–Kier alpha value is -1.30. The summed E-state index contributed by atoms with van der Waals surface area (Å²) in [6.07, 6.45) is 2.26. The minimum atomic E-state index is -1.93. The Morgan fingerprint density at radius 1 is 1.53 bits per heavy atom. The number of carboxylic acids is 1. The number of rotatable bonds is 5. The van der Waals surface area contributed by atoms with Crippen molar-refractivity contribution in [2.45, 2.75) is 38.3 Å². The summed E-state index contributed by atoms with van der Waals surface area (Å²) in [4.78, 5) is 23.9. The van der Waals surface area contributed by atoms with Crippen LogP contribution in [0, 0.1) is 5.92 Å². The highest BCUT2D eigenvalue weighted by Crippen LogP contribution is 2.34. The van der Waals surface area contributed by atoms with E-state index in [4.69, 9.17) is 5.11 Å². The van der Waals surface area contributed by atoms with E-state index in [1.165, 1.54) is 0 Å². The molecular formula is C11H20N2O4. The molecule has 2 unspecified atom stereocenters. The highest BCUT2D eigenvalue weighted by atomic mass is 16.4. The first-order valence-corrected chi connectivity index (χ1v) is 5.72. The molecule has 1 aliphatic carbocycles. The molecule has 0 aromatic rings. The molecular weight excluding hydrogens is 224 g/mol. The first-order chi connectivity index (χ1) is 7.75. The smallest absolute Gasteiger partial charge is 0.337 e. The number of carboxylic acid groups (broad SMARTS) is 1. The van der Waals surface area contributed by atoms with Crippen LogP contribution in [0.4, 0.5) is 4.79 Å². The summed E-state index contributed by atoms with van der Waals surface area (Å²) in [5.74, 6) is -0.804. The van der Waals surface area contributed by atoms with Crippen molar-refractivity contribution in [2.24, 2.45) is 5.92 Å². The van der Waals surface area contributed by atoms with Crippen LogP contribution in [0.15, 0.2) is 0 Å². The van der Waals surface area contributed by atoms with Crippen LogP contribution >= 0.6 is 0 Å². The van der Waals surface area contributed by atoms with E-state index in [9.17, 15) is 14.7 Å². The van der Waals surface area contributed by atoms with Gasteiger partial charge in [0.1, 0.15) is 0 Å². The highest BCUT2D eigenvalue weighted by Gasteiger charge is 2.34. The minimum Gasteiger partial charge on any atom is -0.479 e. The zero-order chi connectivity index (χ0) is 13.2. The monoisotopic (exact) mass is 244 g/mol. The molecule has 98 valence electrons. The van der Waals surface area contributed by atoms with Crippen molar-refractivity contribution in [3.05, 3.63) is 0 Å². The third-order valence-electron chi connectivity index (χ3n) is 3.28. The number of hydrogen-bond donors (Lipinski definition) is 3. The van der Waals surface area contributed by atoms with Crippen molar-refractivity contribution < 1.29 is 19.8 Å². The molecule has 2 atom stereocenters. The van der Waals surface area contributed by atoms with Crippen LogP contribution < -0.4 is 5.32 Å². The third kappa shape index (κ3) is 3.59. The maximum Gasteiger partial charge on any atom is 0.337 e. The van der Waals surface area contributed by atoms with Gasteiger partial charge in [-0.15, -0.1) is 0 Å². The Labute approximate surface area is 101 Å². The van der Waals surface area contributed by atoms with Crippen molar-refractivity contribution in [3.8, 4) is 0 Å². The molecule has 1 fully saturated rings. The molecule has 0 spiro atoms. The molecule has 0 aliphatic heterocycles. The number of aliphatic carboxylic acids is 1. The van der Waals surface area contributed by atoms with Crippen LogP contribution in [0.3, 0.4) is 0 Å². The maximum absolute atomic E-state index is 11.7. The lowest BCUT2D eigenvalue weighted by atomic mass is 10.1. The van der Waals surface area contributed by atoms with E-state index >= 15 is 0 Å². The van der Waals surface area contributed by atoms with Crippen LogP contribution in [0.2, 0.25) is 0 Å². The first kappa shape index (κ1) is 13.8. The Bertz CT molecular complexity index is 313. The zero-order valence-corrected chi connectivity index (χ0v) is 10.4. The summed E-state index contributed by atoms with van der Waals surface area (Å²) in [7, 11) is 1.67. The summed E-state index contributed by atoms with van der Waals surface area (Å²) in [6, 6.07) is -0.212. The van der Waals surface area contributed by atoms with E-state index in [-0.39, 0.29) is 18.6 Å². The molecule has 0 radical (unpaired) electrons. The van der Waals surface area contributed by atoms with E-state index < -0.39 is 11.6 Å². The molecule has 0 bridgehead atoms. The van der Waals surface area contributed by atoms with Crippen molar-refractivity contribution >= 4 is 12.0 Å². The van der Waals surface area contributed by atoms with Gasteiger partial charge >= 0.3 is 12.0 Å². The average Bonchev–Trinajstić information content (AvgIpc) is 3.07. The summed E-state index contributed by atoms with van der Waals surface area (Å²) in [6.45, 7) is 2.81. The normalized spacial score (nSPS) is 20.2. The molecule has 2 amide bonds. The van der Waals surface area contributed by atoms with Gasteiger partial charge in [-0.2, -0.15) is 0 Å². The fourth-order valence-electron chi connectivity index (χ4n) is 1.53. The van der Waals surface area contributed by atoms with Gasteiger partial charge in [-0.05, 0) is 32.6 Å². The van der Waals surface area contributed by atoms with Gasteiger partial charge in [0.2, 0.25) is 0 Å². The predicted molar refractivity (Wildman–Crippen MR) is 61.6 cm³/mol. The summed E-state index contributed by atoms with van der Waals surface area (Å²) in [5.41, 5.74) is -1.93. The summed E-state index contributed by atoms with van der Waals surface area (Å²) < 4.78 is 0. The summed E-state index contributed by atoms with van der Waals surface area (Å²) in [5, 5.41) is 20.6. The van der Waals surface area contributed by atoms with E-state index in [1.807, 2.05) is 6.92 Å². The van der Waals surface area contributed by atoms with E-state index in [0.717, 1.165) is 19.8 Å². The second kappa shape index (κ2) is 4.91. The highest BCUT2D eigenvalue weighted by molar-refractivity contribution is 5.79. The van der Waals surface area contributed by atoms with E-state index in [0.29, 0.717) is 5.92 Å². The second-order valence-corrected chi connectivity index (χ2v) is 4.93. The van der Waals surface area contributed by atoms with Crippen LogP contribution in [0.5, 0.6) is 0 Å². The molecule has 3 N–H and O–H groups in total. The Kier molecular flexibility index (Phi) is 3.98. The first-order valence-electron chi connectivity index (χ1n) is 5.72. The Morgan fingerprint density at radius 2 is 2.06 bits per heavy atom. The van der Waals surface area contributed by atoms with Gasteiger partial charge in [0.05, 0.1) is 6.54 Å². The number of carbonyl (C=O) groups excluding carboxylic acids is 1. The van der Waals surface area contributed by atoms with Gasteiger partial charge in [-0.25, -0.2) is 9.59 Å². The molecule has 1 aliphatic rings. The third-order valence-corrected chi connectivity index (χ3v) is 3.28. The fourth-order valence-corrected chi connectivity index (χ4v) is 1.53. The van der Waals surface area contributed by atoms with Crippen molar-refractivity contribution in [3.63, 3.8) is 0 Å². The van der Waals surface area contributed by atoms with Crippen LogP contribution in [0.25, 0.3) is 0 Å². The van der Waals surface area contributed by atoms with Crippen LogP contribution in [-0.2, 0) is 4.79 Å². The molecule has 0 aromatic carbocycles. The second-order valence-electron chi connectivity index (χ2n) is 4.93. The lowest BCUT2D eigenvalue weighted by molar-refractivity contribution is -0.155. The molecule has 6 nitrogen and oxygen atoms in total. The fraction of sp³-hybridized carbons (Fsp3) is 0.818. The Balaban J connectivity index is 2.41. The van der Waals surface area contributed by atoms with Gasteiger partial charge in [-0.1, -0.05) is 0 Å². The molecule has 0 saturated heterocycles. The molecule has 6 heteroatoms. The number of nitrogens with zero attached hydrogens (tertiary/aromatic N) is 1. The quantitative estimate of drug-likeness (QED) is 0.647. The van der Waals surface area contributed by atoms with Gasteiger partial charge < -0.3 is 20.4 Å². The van der Waals surface area contributed by atoms with Gasteiger partial charge in [-0.3, -0.25) is 0 Å². The van der Waals surface area contributed by atoms with Crippen molar-refractivity contribution in [2.75, 3.05) is 13.6 Å². The number of urea groups is 1.